The highest BCUT2D eigenvalue weighted by atomic mass is 79.9. The molecule has 0 aromatic carbocycles. The number of ether oxygens (including phenoxy) is 1. The van der Waals surface area contributed by atoms with Gasteiger partial charge in [0.2, 0.25) is 0 Å². The second kappa shape index (κ2) is 6.82. The second-order valence-electron chi connectivity index (χ2n) is 3.15. The third-order valence-corrected chi connectivity index (χ3v) is 3.40. The molecule has 0 aliphatic rings. The van der Waals surface area contributed by atoms with Gasteiger partial charge in [-0.05, 0) is 28.8 Å². The molecule has 1 unspecified atom stereocenters. The van der Waals surface area contributed by atoms with Gasteiger partial charge in [0.15, 0.2) is 5.13 Å². The van der Waals surface area contributed by atoms with Crippen LogP contribution in [0, 0.1) is 0 Å². The maximum atomic E-state index is 11.0. The number of aliphatic carboxylic acids is 1. The van der Waals surface area contributed by atoms with Gasteiger partial charge in [0.1, 0.15) is 10.6 Å². The Balaban J connectivity index is 2.47. The molecule has 0 saturated carbocycles. The summed E-state index contributed by atoms with van der Waals surface area (Å²) in [4.78, 5) is 15.1. The van der Waals surface area contributed by atoms with E-state index in [1.807, 2.05) is 0 Å². The minimum atomic E-state index is -0.873. The van der Waals surface area contributed by atoms with Crippen molar-refractivity contribution in [3.05, 3.63) is 9.98 Å². The van der Waals surface area contributed by atoms with Crippen LogP contribution >= 0.6 is 27.3 Å². The lowest BCUT2D eigenvalue weighted by Crippen LogP contribution is -2.29. The first-order chi connectivity index (χ1) is 7.63. The summed E-state index contributed by atoms with van der Waals surface area (Å²) in [6.45, 7) is 0.563. The van der Waals surface area contributed by atoms with E-state index in [1.54, 1.807) is 12.5 Å². The molecule has 0 bridgehead atoms. The average Bonchev–Trinajstić information content (AvgIpc) is 2.63. The number of halogens is 1. The molecule has 1 rings (SSSR count). The highest BCUT2D eigenvalue weighted by Crippen LogP contribution is 2.20. The lowest BCUT2D eigenvalue weighted by atomic mass is 10.1. The Kier molecular flexibility index (Phi) is 5.72. The topological polar surface area (TPSA) is 71.5 Å². The van der Waals surface area contributed by atoms with E-state index < -0.39 is 12.0 Å². The van der Waals surface area contributed by atoms with Crippen molar-refractivity contribution in [2.75, 3.05) is 19.0 Å². The van der Waals surface area contributed by atoms with Gasteiger partial charge in [0.25, 0.3) is 0 Å². The molecule has 5 nitrogen and oxygen atoms in total. The van der Waals surface area contributed by atoms with Crippen LogP contribution in [0.2, 0.25) is 0 Å². The van der Waals surface area contributed by atoms with E-state index in [0.29, 0.717) is 29.2 Å². The number of carboxylic acids is 1. The van der Waals surface area contributed by atoms with Gasteiger partial charge in [-0.3, -0.25) is 0 Å². The maximum absolute atomic E-state index is 11.0. The van der Waals surface area contributed by atoms with E-state index in [0.717, 1.165) is 0 Å². The van der Waals surface area contributed by atoms with Gasteiger partial charge in [-0.1, -0.05) is 0 Å². The Morgan fingerprint density at radius 1 is 1.81 bits per heavy atom. The molecule has 7 heteroatoms. The van der Waals surface area contributed by atoms with Crippen LogP contribution in [0.4, 0.5) is 5.13 Å². The smallest absolute Gasteiger partial charge is 0.326 e. The molecule has 1 heterocycles. The molecule has 0 radical (unpaired) electrons. The number of carboxylic acid groups (broad SMARTS) is 1. The molecule has 1 atom stereocenters. The number of rotatable bonds is 7. The van der Waals surface area contributed by atoms with Crippen molar-refractivity contribution in [2.24, 2.45) is 0 Å². The number of methoxy groups -OCH3 is 1. The molecule has 0 aliphatic heterocycles. The summed E-state index contributed by atoms with van der Waals surface area (Å²) in [6.07, 6.45) is 1.22. The number of carbonyl (C=O) groups is 1. The fourth-order valence-corrected chi connectivity index (χ4v) is 2.36. The van der Waals surface area contributed by atoms with Gasteiger partial charge in [-0.15, -0.1) is 11.3 Å². The SMILES string of the molecule is COCCCC(Nc1nc(Br)cs1)C(=O)O. The Morgan fingerprint density at radius 3 is 3.06 bits per heavy atom. The van der Waals surface area contributed by atoms with E-state index in [-0.39, 0.29) is 0 Å². The normalized spacial score (nSPS) is 12.4. The van der Waals surface area contributed by atoms with Gasteiger partial charge in [-0.2, -0.15) is 0 Å². The Hall–Kier alpha value is -0.660. The molecule has 0 spiro atoms. The number of hydrogen-bond donors (Lipinski definition) is 2. The lowest BCUT2D eigenvalue weighted by molar-refractivity contribution is -0.138. The zero-order valence-corrected chi connectivity index (χ0v) is 11.2. The first-order valence-electron chi connectivity index (χ1n) is 4.72. The maximum Gasteiger partial charge on any atom is 0.326 e. The van der Waals surface area contributed by atoms with Crippen molar-refractivity contribution >= 4 is 38.4 Å². The summed E-state index contributed by atoms with van der Waals surface area (Å²) in [5.41, 5.74) is 0. The lowest BCUT2D eigenvalue weighted by Gasteiger charge is -2.12. The van der Waals surface area contributed by atoms with Crippen LogP contribution in [0.3, 0.4) is 0 Å². The van der Waals surface area contributed by atoms with Crippen molar-refractivity contribution in [3.8, 4) is 0 Å². The van der Waals surface area contributed by atoms with Crippen molar-refractivity contribution in [1.29, 1.82) is 0 Å². The van der Waals surface area contributed by atoms with E-state index >= 15 is 0 Å². The van der Waals surface area contributed by atoms with Crippen LogP contribution in [0.25, 0.3) is 0 Å². The van der Waals surface area contributed by atoms with E-state index in [2.05, 4.69) is 26.2 Å². The predicted molar refractivity (Wildman–Crippen MR) is 66.0 cm³/mol. The molecule has 0 fully saturated rings. The van der Waals surface area contributed by atoms with Crippen LogP contribution in [0.15, 0.2) is 9.98 Å². The average molecular weight is 309 g/mol. The standard InChI is InChI=1S/C9H13BrN2O3S/c1-15-4-2-3-6(8(13)14)11-9-12-7(10)5-16-9/h5-6H,2-4H2,1H3,(H,11,12)(H,13,14). The molecule has 2 N–H and O–H groups in total. The fraction of sp³-hybridized carbons (Fsp3) is 0.556. The number of nitrogens with zero attached hydrogens (tertiary/aromatic N) is 1. The predicted octanol–water partition coefficient (Wildman–Crippen LogP) is 2.20. The molecule has 16 heavy (non-hydrogen) atoms. The van der Waals surface area contributed by atoms with Gasteiger partial charge in [0, 0.05) is 19.1 Å². The fourth-order valence-electron chi connectivity index (χ4n) is 1.16. The summed E-state index contributed by atoms with van der Waals surface area (Å²) in [5.74, 6) is -0.873. The molecule has 0 saturated heterocycles. The largest absolute Gasteiger partial charge is 0.480 e. The number of anilines is 1. The molecule has 1 aromatic rings. The zero-order chi connectivity index (χ0) is 12.0. The third kappa shape index (κ3) is 4.46. The summed E-state index contributed by atoms with van der Waals surface area (Å²) in [7, 11) is 1.60. The van der Waals surface area contributed by atoms with Crippen molar-refractivity contribution in [3.63, 3.8) is 0 Å². The van der Waals surface area contributed by atoms with Crippen molar-refractivity contribution in [1.82, 2.24) is 4.98 Å². The summed E-state index contributed by atoms with van der Waals surface area (Å²) in [5, 5.41) is 14.3. The highest BCUT2D eigenvalue weighted by Gasteiger charge is 2.17. The summed E-state index contributed by atoms with van der Waals surface area (Å²) < 4.78 is 5.59. The van der Waals surface area contributed by atoms with Crippen molar-refractivity contribution < 1.29 is 14.6 Å². The van der Waals surface area contributed by atoms with Gasteiger partial charge < -0.3 is 15.2 Å². The van der Waals surface area contributed by atoms with Crippen LogP contribution in [-0.2, 0) is 9.53 Å². The number of aromatic nitrogens is 1. The molecule has 0 aliphatic carbocycles. The highest BCUT2D eigenvalue weighted by molar-refractivity contribution is 9.10. The second-order valence-corrected chi connectivity index (χ2v) is 4.82. The van der Waals surface area contributed by atoms with Crippen LogP contribution in [0.5, 0.6) is 0 Å². The minimum Gasteiger partial charge on any atom is -0.480 e. The first-order valence-corrected chi connectivity index (χ1v) is 6.40. The minimum absolute atomic E-state index is 0.514. The van der Waals surface area contributed by atoms with E-state index in [4.69, 9.17) is 9.84 Å². The van der Waals surface area contributed by atoms with Crippen LogP contribution in [0.1, 0.15) is 12.8 Å². The van der Waals surface area contributed by atoms with Crippen LogP contribution in [-0.4, -0.2) is 35.8 Å². The number of thiazole rings is 1. The van der Waals surface area contributed by atoms with E-state index in [9.17, 15) is 4.79 Å². The van der Waals surface area contributed by atoms with Gasteiger partial charge in [-0.25, -0.2) is 9.78 Å². The Bertz CT molecular complexity index is 345. The van der Waals surface area contributed by atoms with Crippen LogP contribution < -0.4 is 5.32 Å². The first kappa shape index (κ1) is 13.4. The molecular formula is C9H13BrN2O3S. The van der Waals surface area contributed by atoms with Crippen molar-refractivity contribution in [2.45, 2.75) is 18.9 Å². The summed E-state index contributed by atoms with van der Waals surface area (Å²) in [6, 6.07) is -0.617. The van der Waals surface area contributed by atoms with Gasteiger partial charge >= 0.3 is 5.97 Å². The number of hydrogen-bond acceptors (Lipinski definition) is 5. The Labute approximate surface area is 106 Å². The summed E-state index contributed by atoms with van der Waals surface area (Å²) >= 11 is 4.59. The molecule has 1 aromatic heterocycles. The molecule has 0 amide bonds. The number of nitrogens with one attached hydrogen (secondary N) is 1. The van der Waals surface area contributed by atoms with Gasteiger partial charge in [0.05, 0.1) is 0 Å². The van der Waals surface area contributed by atoms with E-state index in [1.165, 1.54) is 11.3 Å². The Morgan fingerprint density at radius 2 is 2.56 bits per heavy atom. The quantitative estimate of drug-likeness (QED) is 0.756. The third-order valence-electron chi connectivity index (χ3n) is 1.91. The zero-order valence-electron chi connectivity index (χ0n) is 8.77. The monoisotopic (exact) mass is 308 g/mol. The molecular weight excluding hydrogens is 296 g/mol. The molecule has 90 valence electrons.